The molecule has 1 aliphatic heterocycles. The average Bonchev–Trinajstić information content (AvgIpc) is 3.08. The normalized spacial score (nSPS) is 14.2. The molecule has 2 amide bonds. The van der Waals surface area contributed by atoms with Crippen LogP contribution in [-0.4, -0.2) is 50.2 Å². The molecule has 0 aliphatic carbocycles. The van der Waals surface area contributed by atoms with E-state index in [0.29, 0.717) is 30.2 Å². The number of benzene rings is 1. The van der Waals surface area contributed by atoms with Crippen LogP contribution in [0.1, 0.15) is 18.4 Å². The molecule has 0 spiro atoms. The number of rotatable bonds is 4. The predicted octanol–water partition coefficient (Wildman–Crippen LogP) is 0.776. The molecule has 0 atom stereocenters. The van der Waals surface area contributed by atoms with Gasteiger partial charge in [-0.15, -0.1) is 0 Å². The van der Waals surface area contributed by atoms with E-state index in [-0.39, 0.29) is 0 Å². The number of carbonyl (C=O) groups is 2. The Morgan fingerprint density at radius 3 is 2.32 bits per heavy atom. The number of likely N-dealkylation sites (tertiary alicyclic amines) is 1. The summed E-state index contributed by atoms with van der Waals surface area (Å²) < 4.78 is 10.4. The van der Waals surface area contributed by atoms with E-state index in [9.17, 15) is 9.59 Å². The fourth-order valence-corrected chi connectivity index (χ4v) is 2.27. The highest BCUT2D eigenvalue weighted by atomic mass is 16.5. The molecule has 7 heteroatoms. The summed E-state index contributed by atoms with van der Waals surface area (Å²) in [7, 11) is 3.06. The van der Waals surface area contributed by atoms with Crippen molar-refractivity contribution in [3.05, 3.63) is 23.8 Å². The zero-order valence-electron chi connectivity index (χ0n) is 12.7. The Hall–Kier alpha value is -2.57. The van der Waals surface area contributed by atoms with E-state index >= 15 is 0 Å². The van der Waals surface area contributed by atoms with Crippen molar-refractivity contribution in [3.63, 3.8) is 0 Å². The van der Waals surface area contributed by atoms with Crippen LogP contribution >= 0.6 is 0 Å². The maximum Gasteiger partial charge on any atom is 0.329 e. The van der Waals surface area contributed by atoms with Crippen LogP contribution < -0.4 is 14.9 Å². The summed E-state index contributed by atoms with van der Waals surface area (Å²) in [6, 6.07) is 5.28. The summed E-state index contributed by atoms with van der Waals surface area (Å²) in [6.07, 6.45) is 3.26. The van der Waals surface area contributed by atoms with Gasteiger partial charge in [-0.2, -0.15) is 5.10 Å². The van der Waals surface area contributed by atoms with Crippen molar-refractivity contribution < 1.29 is 19.1 Å². The average molecular weight is 305 g/mol. The van der Waals surface area contributed by atoms with E-state index in [1.165, 1.54) is 25.3 Å². The minimum Gasteiger partial charge on any atom is -0.496 e. The molecular formula is C15H19N3O4. The van der Waals surface area contributed by atoms with Gasteiger partial charge in [-0.25, -0.2) is 5.43 Å². The van der Waals surface area contributed by atoms with E-state index in [0.717, 1.165) is 12.8 Å². The highest BCUT2D eigenvalue weighted by molar-refractivity contribution is 6.35. The zero-order valence-corrected chi connectivity index (χ0v) is 12.7. The second kappa shape index (κ2) is 7.44. The molecule has 2 rings (SSSR count). The van der Waals surface area contributed by atoms with Gasteiger partial charge in [-0.1, -0.05) is 6.07 Å². The molecule has 0 bridgehead atoms. The predicted molar refractivity (Wildman–Crippen MR) is 81.1 cm³/mol. The number of hydrazone groups is 1. The molecule has 0 radical (unpaired) electrons. The summed E-state index contributed by atoms with van der Waals surface area (Å²) >= 11 is 0. The Morgan fingerprint density at radius 1 is 1.18 bits per heavy atom. The summed E-state index contributed by atoms with van der Waals surface area (Å²) in [5.74, 6) is -0.180. The Balaban J connectivity index is 2.03. The molecule has 1 N–H and O–H groups in total. The van der Waals surface area contributed by atoms with Crippen LogP contribution in [0.25, 0.3) is 0 Å². The third kappa shape index (κ3) is 3.55. The first-order valence-electron chi connectivity index (χ1n) is 7.00. The standard InChI is InChI=1S/C15H19N3O4/c1-21-12-6-5-7-13(22-2)11(12)10-16-17-14(19)15(20)18-8-3-4-9-18/h5-7,10H,3-4,8-9H2,1-2H3,(H,17,19)/b16-10-. The van der Waals surface area contributed by atoms with Crippen LogP contribution in [0.5, 0.6) is 11.5 Å². The molecular weight excluding hydrogens is 286 g/mol. The van der Waals surface area contributed by atoms with Crippen molar-refractivity contribution in [2.45, 2.75) is 12.8 Å². The smallest absolute Gasteiger partial charge is 0.329 e. The number of amides is 2. The molecule has 1 saturated heterocycles. The Labute approximate surface area is 128 Å². The van der Waals surface area contributed by atoms with E-state index in [1.807, 2.05) is 0 Å². The van der Waals surface area contributed by atoms with E-state index in [2.05, 4.69) is 10.5 Å². The first-order valence-corrected chi connectivity index (χ1v) is 7.00. The van der Waals surface area contributed by atoms with E-state index in [4.69, 9.17) is 9.47 Å². The van der Waals surface area contributed by atoms with Crippen LogP contribution in [0, 0.1) is 0 Å². The van der Waals surface area contributed by atoms with Crippen molar-refractivity contribution in [2.75, 3.05) is 27.3 Å². The largest absolute Gasteiger partial charge is 0.496 e. The topological polar surface area (TPSA) is 80.2 Å². The molecule has 118 valence electrons. The fraction of sp³-hybridized carbons (Fsp3) is 0.400. The van der Waals surface area contributed by atoms with Gasteiger partial charge in [0.25, 0.3) is 0 Å². The zero-order chi connectivity index (χ0) is 15.9. The van der Waals surface area contributed by atoms with Gasteiger partial charge >= 0.3 is 11.8 Å². The van der Waals surface area contributed by atoms with Gasteiger partial charge in [0.05, 0.1) is 26.0 Å². The molecule has 7 nitrogen and oxygen atoms in total. The lowest BCUT2D eigenvalue weighted by molar-refractivity contribution is -0.145. The second-order valence-electron chi connectivity index (χ2n) is 4.77. The van der Waals surface area contributed by atoms with Crippen LogP contribution in [0.4, 0.5) is 0 Å². The molecule has 1 aromatic rings. The van der Waals surface area contributed by atoms with Gasteiger partial charge in [-0.3, -0.25) is 9.59 Å². The number of nitrogens with zero attached hydrogens (tertiary/aromatic N) is 2. The van der Waals surface area contributed by atoms with Crippen LogP contribution in [0.15, 0.2) is 23.3 Å². The lowest BCUT2D eigenvalue weighted by Crippen LogP contribution is -2.39. The van der Waals surface area contributed by atoms with Gasteiger partial charge in [0.15, 0.2) is 0 Å². The third-order valence-corrected chi connectivity index (χ3v) is 3.41. The number of hydrogen-bond donors (Lipinski definition) is 1. The van der Waals surface area contributed by atoms with Gasteiger partial charge in [0.2, 0.25) is 0 Å². The van der Waals surface area contributed by atoms with Crippen molar-refractivity contribution in [3.8, 4) is 11.5 Å². The number of ether oxygens (including phenoxy) is 2. The first-order chi connectivity index (χ1) is 10.7. The Bertz CT molecular complexity index is 558. The Kier molecular flexibility index (Phi) is 5.35. The summed E-state index contributed by atoms with van der Waals surface area (Å²) in [4.78, 5) is 25.1. The van der Waals surface area contributed by atoms with Crippen molar-refractivity contribution in [1.29, 1.82) is 0 Å². The second-order valence-corrected chi connectivity index (χ2v) is 4.77. The summed E-state index contributed by atoms with van der Waals surface area (Å²) in [5.41, 5.74) is 2.82. The lowest BCUT2D eigenvalue weighted by atomic mass is 10.2. The maximum absolute atomic E-state index is 11.8. The van der Waals surface area contributed by atoms with E-state index < -0.39 is 11.8 Å². The van der Waals surface area contributed by atoms with E-state index in [1.54, 1.807) is 18.2 Å². The van der Waals surface area contributed by atoms with Crippen molar-refractivity contribution >= 4 is 18.0 Å². The molecule has 0 unspecified atom stereocenters. The number of nitrogens with one attached hydrogen (secondary N) is 1. The monoisotopic (exact) mass is 305 g/mol. The highest BCUT2D eigenvalue weighted by Gasteiger charge is 2.24. The Morgan fingerprint density at radius 2 is 1.77 bits per heavy atom. The summed E-state index contributed by atoms with van der Waals surface area (Å²) in [5, 5.41) is 3.82. The first kappa shape index (κ1) is 15.8. The molecule has 1 aliphatic rings. The fourth-order valence-electron chi connectivity index (χ4n) is 2.27. The van der Waals surface area contributed by atoms with Crippen LogP contribution in [-0.2, 0) is 9.59 Å². The number of carbonyl (C=O) groups excluding carboxylic acids is 2. The maximum atomic E-state index is 11.8. The number of methoxy groups -OCH3 is 2. The van der Waals surface area contributed by atoms with Crippen LogP contribution in [0.2, 0.25) is 0 Å². The van der Waals surface area contributed by atoms with Gasteiger partial charge in [0.1, 0.15) is 11.5 Å². The number of hydrogen-bond acceptors (Lipinski definition) is 5. The summed E-state index contributed by atoms with van der Waals surface area (Å²) in [6.45, 7) is 1.24. The van der Waals surface area contributed by atoms with Crippen molar-refractivity contribution in [1.82, 2.24) is 10.3 Å². The molecule has 0 saturated carbocycles. The van der Waals surface area contributed by atoms with Gasteiger partial charge in [-0.05, 0) is 25.0 Å². The minimum absolute atomic E-state index is 0.554. The highest BCUT2D eigenvalue weighted by Crippen LogP contribution is 2.25. The van der Waals surface area contributed by atoms with Gasteiger partial charge < -0.3 is 14.4 Å². The van der Waals surface area contributed by atoms with Gasteiger partial charge in [0, 0.05) is 13.1 Å². The van der Waals surface area contributed by atoms with Crippen molar-refractivity contribution in [2.24, 2.45) is 5.10 Å². The SMILES string of the molecule is COc1cccc(OC)c1/C=N\NC(=O)C(=O)N1CCCC1. The molecule has 1 heterocycles. The molecule has 1 aromatic carbocycles. The third-order valence-electron chi connectivity index (χ3n) is 3.41. The molecule has 22 heavy (non-hydrogen) atoms. The minimum atomic E-state index is -0.744. The molecule has 1 fully saturated rings. The lowest BCUT2D eigenvalue weighted by Gasteiger charge is -2.13. The quantitative estimate of drug-likeness (QED) is 0.506. The van der Waals surface area contributed by atoms with Crippen LogP contribution in [0.3, 0.4) is 0 Å². The molecule has 0 aromatic heterocycles.